The van der Waals surface area contributed by atoms with Crippen LogP contribution in [0.5, 0.6) is 0 Å². The molecule has 4 nitrogen and oxygen atoms in total. The molecule has 0 aromatic heterocycles. The van der Waals surface area contributed by atoms with Gasteiger partial charge in [-0.05, 0) is 11.0 Å². The van der Waals surface area contributed by atoms with E-state index in [0.717, 1.165) is 5.56 Å². The SMILES string of the molecule is CCC(=O)C(NC(=O)NCc1ccccc1)C(C)(C)C. The minimum absolute atomic E-state index is 0.0485. The van der Waals surface area contributed by atoms with E-state index in [-0.39, 0.29) is 17.2 Å². The smallest absolute Gasteiger partial charge is 0.315 e. The first-order valence-corrected chi connectivity index (χ1v) is 6.95. The fourth-order valence-electron chi connectivity index (χ4n) is 1.94. The van der Waals surface area contributed by atoms with Gasteiger partial charge in [-0.2, -0.15) is 0 Å². The van der Waals surface area contributed by atoms with Gasteiger partial charge in [0.1, 0.15) is 0 Å². The summed E-state index contributed by atoms with van der Waals surface area (Å²) in [7, 11) is 0. The van der Waals surface area contributed by atoms with E-state index in [1.54, 1.807) is 0 Å². The molecular weight excluding hydrogens is 252 g/mol. The third-order valence-electron chi connectivity index (χ3n) is 3.11. The third-order valence-corrected chi connectivity index (χ3v) is 3.11. The van der Waals surface area contributed by atoms with Crippen molar-refractivity contribution in [3.05, 3.63) is 35.9 Å². The van der Waals surface area contributed by atoms with Gasteiger partial charge in [0.2, 0.25) is 0 Å². The van der Waals surface area contributed by atoms with Crippen molar-refractivity contribution in [1.82, 2.24) is 10.6 Å². The van der Waals surface area contributed by atoms with Crippen molar-refractivity contribution >= 4 is 11.8 Å². The Morgan fingerprint density at radius 2 is 1.75 bits per heavy atom. The summed E-state index contributed by atoms with van der Waals surface area (Å²) < 4.78 is 0. The van der Waals surface area contributed by atoms with Crippen LogP contribution < -0.4 is 10.6 Å². The number of rotatable bonds is 5. The first kappa shape index (κ1) is 16.2. The van der Waals surface area contributed by atoms with Gasteiger partial charge in [0.15, 0.2) is 5.78 Å². The number of ketones is 1. The number of carbonyl (C=O) groups excluding carboxylic acids is 2. The minimum Gasteiger partial charge on any atom is -0.334 e. The lowest BCUT2D eigenvalue weighted by Gasteiger charge is -2.30. The van der Waals surface area contributed by atoms with E-state index >= 15 is 0 Å². The van der Waals surface area contributed by atoms with Crippen LogP contribution in [0.1, 0.15) is 39.7 Å². The number of urea groups is 1. The molecule has 1 unspecified atom stereocenters. The molecule has 0 radical (unpaired) electrons. The summed E-state index contributed by atoms with van der Waals surface area (Å²) in [5.74, 6) is 0.0485. The molecule has 0 aliphatic carbocycles. The maximum absolute atomic E-state index is 11.9. The molecular formula is C16H24N2O2. The zero-order valence-corrected chi connectivity index (χ0v) is 12.7. The van der Waals surface area contributed by atoms with Gasteiger partial charge in [-0.1, -0.05) is 58.0 Å². The van der Waals surface area contributed by atoms with E-state index in [4.69, 9.17) is 0 Å². The quantitative estimate of drug-likeness (QED) is 0.868. The predicted octanol–water partition coefficient (Wildman–Crippen LogP) is 2.88. The highest BCUT2D eigenvalue weighted by Gasteiger charge is 2.31. The van der Waals surface area contributed by atoms with Gasteiger partial charge >= 0.3 is 6.03 Å². The molecule has 0 spiro atoms. The highest BCUT2D eigenvalue weighted by Crippen LogP contribution is 2.20. The maximum atomic E-state index is 11.9. The van der Waals surface area contributed by atoms with E-state index in [1.807, 2.05) is 58.0 Å². The molecule has 1 atom stereocenters. The van der Waals surface area contributed by atoms with Crippen LogP contribution in [0.25, 0.3) is 0 Å². The molecule has 4 heteroatoms. The molecule has 0 heterocycles. The number of amides is 2. The van der Waals surface area contributed by atoms with Crippen LogP contribution in [0.4, 0.5) is 4.79 Å². The van der Waals surface area contributed by atoms with Crippen LogP contribution in [-0.4, -0.2) is 17.9 Å². The van der Waals surface area contributed by atoms with Gasteiger partial charge in [-0.15, -0.1) is 0 Å². The molecule has 0 saturated heterocycles. The lowest BCUT2D eigenvalue weighted by Crippen LogP contribution is -2.52. The summed E-state index contributed by atoms with van der Waals surface area (Å²) in [5, 5.41) is 5.56. The molecule has 0 bridgehead atoms. The number of nitrogens with one attached hydrogen (secondary N) is 2. The molecule has 0 aliphatic rings. The van der Waals surface area contributed by atoms with Gasteiger partial charge in [0.25, 0.3) is 0 Å². The number of Topliss-reactive ketones (excluding diaryl/α,β-unsaturated/α-hetero) is 1. The average molecular weight is 276 g/mol. The highest BCUT2D eigenvalue weighted by atomic mass is 16.2. The molecule has 0 saturated carbocycles. The van der Waals surface area contributed by atoms with Gasteiger partial charge < -0.3 is 10.6 Å². The molecule has 1 aromatic carbocycles. The Bertz CT molecular complexity index is 449. The molecule has 1 aromatic rings. The number of hydrogen-bond donors (Lipinski definition) is 2. The topological polar surface area (TPSA) is 58.2 Å². The van der Waals surface area contributed by atoms with Gasteiger partial charge in [0, 0.05) is 13.0 Å². The van der Waals surface area contributed by atoms with Crippen LogP contribution in [0, 0.1) is 5.41 Å². The summed E-state index contributed by atoms with van der Waals surface area (Å²) >= 11 is 0. The Balaban J connectivity index is 2.57. The van der Waals surface area contributed by atoms with Crippen LogP contribution >= 0.6 is 0 Å². The Morgan fingerprint density at radius 1 is 1.15 bits per heavy atom. The van der Waals surface area contributed by atoms with Crippen molar-refractivity contribution in [2.24, 2.45) is 5.41 Å². The fraction of sp³-hybridized carbons (Fsp3) is 0.500. The summed E-state index contributed by atoms with van der Waals surface area (Å²) in [4.78, 5) is 23.8. The second-order valence-corrected chi connectivity index (χ2v) is 5.93. The van der Waals surface area contributed by atoms with Crippen LogP contribution in [0.3, 0.4) is 0 Å². The number of carbonyl (C=O) groups is 2. The lowest BCUT2D eigenvalue weighted by molar-refractivity contribution is -0.122. The van der Waals surface area contributed by atoms with E-state index in [0.29, 0.717) is 13.0 Å². The van der Waals surface area contributed by atoms with Gasteiger partial charge in [0.05, 0.1) is 6.04 Å². The van der Waals surface area contributed by atoms with Crippen LogP contribution in [0.2, 0.25) is 0 Å². The van der Waals surface area contributed by atoms with Crippen molar-refractivity contribution in [1.29, 1.82) is 0 Å². The third kappa shape index (κ3) is 5.03. The lowest BCUT2D eigenvalue weighted by atomic mass is 9.83. The largest absolute Gasteiger partial charge is 0.334 e. The first-order chi connectivity index (χ1) is 9.34. The molecule has 1 rings (SSSR count). The molecule has 2 amide bonds. The maximum Gasteiger partial charge on any atom is 0.315 e. The molecule has 110 valence electrons. The molecule has 20 heavy (non-hydrogen) atoms. The van der Waals surface area contributed by atoms with Crippen LogP contribution in [-0.2, 0) is 11.3 Å². The standard InChI is InChI=1S/C16H24N2O2/c1-5-13(19)14(16(2,3)4)18-15(20)17-11-12-9-7-6-8-10-12/h6-10,14H,5,11H2,1-4H3,(H2,17,18,20). The Labute approximate surface area is 121 Å². The van der Waals surface area contributed by atoms with Gasteiger partial charge in [-0.25, -0.2) is 4.79 Å². The van der Waals surface area contributed by atoms with Crippen molar-refractivity contribution in [2.75, 3.05) is 0 Å². The Hall–Kier alpha value is -1.84. The summed E-state index contributed by atoms with van der Waals surface area (Å²) in [6.45, 7) is 8.10. The summed E-state index contributed by atoms with van der Waals surface area (Å²) in [6, 6.07) is 8.89. The van der Waals surface area contributed by atoms with Crippen molar-refractivity contribution in [2.45, 2.75) is 46.7 Å². The van der Waals surface area contributed by atoms with Gasteiger partial charge in [-0.3, -0.25) is 4.79 Å². The second-order valence-electron chi connectivity index (χ2n) is 5.93. The Kier molecular flexibility index (Phi) is 5.74. The molecule has 0 fully saturated rings. The zero-order chi connectivity index (χ0) is 15.2. The summed E-state index contributed by atoms with van der Waals surface area (Å²) in [6.07, 6.45) is 0.418. The minimum atomic E-state index is -0.469. The summed E-state index contributed by atoms with van der Waals surface area (Å²) in [5.41, 5.74) is 0.730. The Morgan fingerprint density at radius 3 is 2.25 bits per heavy atom. The van der Waals surface area contributed by atoms with E-state index < -0.39 is 6.04 Å². The number of hydrogen-bond acceptors (Lipinski definition) is 2. The van der Waals surface area contributed by atoms with Crippen molar-refractivity contribution < 1.29 is 9.59 Å². The van der Waals surface area contributed by atoms with Crippen LogP contribution in [0.15, 0.2) is 30.3 Å². The normalized spacial score (nSPS) is 12.6. The monoisotopic (exact) mass is 276 g/mol. The van der Waals surface area contributed by atoms with E-state index in [9.17, 15) is 9.59 Å². The van der Waals surface area contributed by atoms with E-state index in [1.165, 1.54) is 0 Å². The average Bonchev–Trinajstić information content (AvgIpc) is 2.41. The number of benzene rings is 1. The fourth-order valence-corrected chi connectivity index (χ4v) is 1.94. The highest BCUT2D eigenvalue weighted by molar-refractivity contribution is 5.89. The zero-order valence-electron chi connectivity index (χ0n) is 12.7. The van der Waals surface area contributed by atoms with E-state index in [2.05, 4.69) is 10.6 Å². The molecule has 0 aliphatic heterocycles. The van der Waals surface area contributed by atoms with Crippen molar-refractivity contribution in [3.8, 4) is 0 Å². The molecule has 2 N–H and O–H groups in total. The second kappa shape index (κ2) is 7.08. The predicted molar refractivity (Wildman–Crippen MR) is 80.4 cm³/mol. The first-order valence-electron chi connectivity index (χ1n) is 6.95. The van der Waals surface area contributed by atoms with Crippen molar-refractivity contribution in [3.63, 3.8) is 0 Å².